The molecule has 2 atom stereocenters. The normalized spacial score (nSPS) is 24.6. The van der Waals surface area contributed by atoms with Gasteiger partial charge in [-0.15, -0.1) is 0 Å². The van der Waals surface area contributed by atoms with E-state index in [1.165, 1.54) is 6.07 Å². The molecule has 0 spiro atoms. The highest BCUT2D eigenvalue weighted by Crippen LogP contribution is 2.27. The second-order valence-corrected chi connectivity index (χ2v) is 6.50. The highest BCUT2D eigenvalue weighted by atomic mass is 79.9. The van der Waals surface area contributed by atoms with Crippen molar-refractivity contribution in [1.82, 2.24) is 4.72 Å². The summed E-state index contributed by atoms with van der Waals surface area (Å²) in [6.45, 7) is 2.02. The average Bonchev–Trinajstić information content (AvgIpc) is 2.86. The molecule has 18 heavy (non-hydrogen) atoms. The molecule has 0 aliphatic carbocycles. The molecule has 2 rings (SSSR count). The molecule has 0 aromatic carbocycles. The van der Waals surface area contributed by atoms with E-state index in [1.807, 2.05) is 6.92 Å². The number of aliphatic hydroxyl groups is 1. The van der Waals surface area contributed by atoms with Crippen LogP contribution in [0.3, 0.4) is 0 Å². The minimum atomic E-state index is -3.68. The van der Waals surface area contributed by atoms with Crippen molar-refractivity contribution in [3.05, 3.63) is 16.5 Å². The fourth-order valence-corrected chi connectivity index (χ4v) is 4.14. The SMILES string of the molecule is CC1OCCC1NS(=O)(=O)c1cc(CO)oc1Br. The summed E-state index contributed by atoms with van der Waals surface area (Å²) in [6, 6.07) is 1.06. The van der Waals surface area contributed by atoms with Gasteiger partial charge < -0.3 is 14.3 Å². The Bertz CT molecular complexity index is 526. The molecule has 6 nitrogen and oxygen atoms in total. The number of rotatable bonds is 4. The largest absolute Gasteiger partial charge is 0.450 e. The molecule has 102 valence electrons. The molecule has 1 aliphatic heterocycles. The maximum absolute atomic E-state index is 12.1. The van der Waals surface area contributed by atoms with Crippen LogP contribution in [0.4, 0.5) is 0 Å². The molecule has 2 N–H and O–H groups in total. The predicted molar refractivity (Wildman–Crippen MR) is 66.5 cm³/mol. The summed E-state index contributed by atoms with van der Waals surface area (Å²) in [5.74, 6) is 0.193. The number of sulfonamides is 1. The van der Waals surface area contributed by atoms with Gasteiger partial charge in [-0.1, -0.05) is 0 Å². The maximum Gasteiger partial charge on any atom is 0.245 e. The van der Waals surface area contributed by atoms with Crippen molar-refractivity contribution in [3.8, 4) is 0 Å². The highest BCUT2D eigenvalue weighted by molar-refractivity contribution is 9.10. The van der Waals surface area contributed by atoms with Crippen LogP contribution in [0.5, 0.6) is 0 Å². The van der Waals surface area contributed by atoms with Gasteiger partial charge in [-0.3, -0.25) is 0 Å². The van der Waals surface area contributed by atoms with Gasteiger partial charge in [0.25, 0.3) is 0 Å². The molecule has 0 saturated carbocycles. The van der Waals surface area contributed by atoms with Gasteiger partial charge in [0.05, 0.1) is 12.1 Å². The monoisotopic (exact) mass is 339 g/mol. The van der Waals surface area contributed by atoms with Crippen LogP contribution in [0.2, 0.25) is 0 Å². The summed E-state index contributed by atoms with van der Waals surface area (Å²) >= 11 is 3.03. The zero-order valence-electron chi connectivity index (χ0n) is 9.72. The fraction of sp³-hybridized carbons (Fsp3) is 0.600. The van der Waals surface area contributed by atoms with Crippen molar-refractivity contribution < 1.29 is 22.7 Å². The second kappa shape index (κ2) is 5.30. The first-order valence-corrected chi connectivity index (χ1v) is 7.74. The lowest BCUT2D eigenvalue weighted by Gasteiger charge is -2.15. The molecule has 1 aromatic rings. The lowest BCUT2D eigenvalue weighted by molar-refractivity contribution is 0.117. The minimum absolute atomic E-state index is 0.00866. The minimum Gasteiger partial charge on any atom is -0.450 e. The van der Waals surface area contributed by atoms with Gasteiger partial charge in [-0.05, 0) is 29.3 Å². The standard InChI is InChI=1S/C10H14BrNO5S/c1-6-8(2-3-16-6)12-18(14,15)9-4-7(5-13)17-10(9)11/h4,6,8,12-13H,2-3,5H2,1H3. The van der Waals surface area contributed by atoms with Gasteiger partial charge in [0.1, 0.15) is 17.3 Å². The van der Waals surface area contributed by atoms with Gasteiger partial charge in [0.2, 0.25) is 10.0 Å². The zero-order chi connectivity index (χ0) is 13.3. The number of hydrogen-bond donors (Lipinski definition) is 2. The van der Waals surface area contributed by atoms with Gasteiger partial charge in [-0.25, -0.2) is 13.1 Å². The predicted octanol–water partition coefficient (Wildman–Crippen LogP) is 0.990. The number of halogens is 1. The number of ether oxygens (including phenoxy) is 1. The first-order valence-electron chi connectivity index (χ1n) is 5.47. The summed E-state index contributed by atoms with van der Waals surface area (Å²) in [6.07, 6.45) is 0.491. The van der Waals surface area contributed by atoms with Crippen molar-refractivity contribution in [2.75, 3.05) is 6.61 Å². The Labute approximate surface area is 113 Å². The van der Waals surface area contributed by atoms with Crippen LogP contribution in [0.15, 0.2) is 20.0 Å². The van der Waals surface area contributed by atoms with Crippen LogP contribution in [0.1, 0.15) is 19.1 Å². The number of nitrogens with one attached hydrogen (secondary N) is 1. The number of furan rings is 1. The van der Waals surface area contributed by atoms with Crippen molar-refractivity contribution in [3.63, 3.8) is 0 Å². The van der Waals surface area contributed by atoms with Gasteiger partial charge in [0, 0.05) is 12.7 Å². The number of hydrogen-bond acceptors (Lipinski definition) is 5. The fourth-order valence-electron chi connectivity index (χ4n) is 1.81. The molecule has 1 aliphatic rings. The molecule has 0 bridgehead atoms. The van der Waals surface area contributed by atoms with Crippen LogP contribution in [-0.2, 0) is 21.4 Å². The quantitative estimate of drug-likeness (QED) is 0.853. The molecule has 1 saturated heterocycles. The van der Waals surface area contributed by atoms with Crippen LogP contribution < -0.4 is 4.72 Å². The third kappa shape index (κ3) is 2.77. The van der Waals surface area contributed by atoms with E-state index >= 15 is 0 Å². The zero-order valence-corrected chi connectivity index (χ0v) is 12.1. The van der Waals surface area contributed by atoms with Crippen LogP contribution >= 0.6 is 15.9 Å². The van der Waals surface area contributed by atoms with Gasteiger partial charge in [0.15, 0.2) is 4.67 Å². The summed E-state index contributed by atoms with van der Waals surface area (Å²) in [4.78, 5) is -0.00866. The summed E-state index contributed by atoms with van der Waals surface area (Å²) in [5.41, 5.74) is 0. The Balaban J connectivity index is 2.22. The lowest BCUT2D eigenvalue weighted by atomic mass is 10.2. The van der Waals surface area contributed by atoms with Crippen molar-refractivity contribution in [2.45, 2.75) is 37.0 Å². The Morgan fingerprint density at radius 2 is 2.33 bits per heavy atom. The van der Waals surface area contributed by atoms with Crippen LogP contribution in [-0.4, -0.2) is 32.3 Å². The Morgan fingerprint density at radius 1 is 1.61 bits per heavy atom. The third-order valence-corrected chi connectivity index (χ3v) is 5.18. The summed E-state index contributed by atoms with van der Waals surface area (Å²) in [5, 5.41) is 8.92. The maximum atomic E-state index is 12.1. The highest BCUT2D eigenvalue weighted by Gasteiger charge is 2.31. The van der Waals surface area contributed by atoms with E-state index in [1.54, 1.807) is 0 Å². The molecule has 1 fully saturated rings. The molecular formula is C10H14BrNO5S. The first-order chi connectivity index (χ1) is 8.44. The Hall–Kier alpha value is -0.410. The molecule has 0 amide bonds. The molecule has 1 aromatic heterocycles. The Morgan fingerprint density at radius 3 is 2.83 bits per heavy atom. The van der Waals surface area contributed by atoms with Crippen LogP contribution in [0, 0.1) is 0 Å². The van der Waals surface area contributed by atoms with Crippen molar-refractivity contribution in [1.29, 1.82) is 0 Å². The molecule has 0 radical (unpaired) electrons. The lowest BCUT2D eigenvalue weighted by Crippen LogP contribution is -2.39. The molecule has 2 heterocycles. The van der Waals surface area contributed by atoms with Gasteiger partial charge in [-0.2, -0.15) is 0 Å². The smallest absolute Gasteiger partial charge is 0.245 e. The molecular weight excluding hydrogens is 326 g/mol. The van der Waals surface area contributed by atoms with E-state index in [0.717, 1.165) is 0 Å². The van der Waals surface area contributed by atoms with E-state index < -0.39 is 10.0 Å². The average molecular weight is 340 g/mol. The van der Waals surface area contributed by atoms with Crippen LogP contribution in [0.25, 0.3) is 0 Å². The van der Waals surface area contributed by atoms with E-state index in [4.69, 9.17) is 14.3 Å². The third-order valence-electron chi connectivity index (χ3n) is 2.83. The number of aliphatic hydroxyl groups excluding tert-OH is 1. The van der Waals surface area contributed by atoms with Crippen molar-refractivity contribution >= 4 is 26.0 Å². The van der Waals surface area contributed by atoms with E-state index in [0.29, 0.717) is 13.0 Å². The summed E-state index contributed by atoms with van der Waals surface area (Å²) in [7, 11) is -3.68. The van der Waals surface area contributed by atoms with E-state index in [9.17, 15) is 8.42 Å². The topological polar surface area (TPSA) is 88.8 Å². The van der Waals surface area contributed by atoms with Gasteiger partial charge >= 0.3 is 0 Å². The van der Waals surface area contributed by atoms with E-state index in [-0.39, 0.29) is 34.1 Å². The Kier molecular flexibility index (Phi) is 4.12. The summed E-state index contributed by atoms with van der Waals surface area (Å²) < 4.78 is 37.3. The second-order valence-electron chi connectivity index (χ2n) is 4.10. The molecule has 2 unspecified atom stereocenters. The van der Waals surface area contributed by atoms with E-state index in [2.05, 4.69) is 20.7 Å². The first kappa shape index (κ1) is 14.0. The molecule has 8 heteroatoms. The van der Waals surface area contributed by atoms with Crippen molar-refractivity contribution in [2.24, 2.45) is 0 Å².